The summed E-state index contributed by atoms with van der Waals surface area (Å²) >= 11 is 0. The van der Waals surface area contributed by atoms with E-state index in [1.807, 2.05) is 35.2 Å². The Bertz CT molecular complexity index is 653. The Morgan fingerprint density at radius 2 is 2.17 bits per heavy atom. The summed E-state index contributed by atoms with van der Waals surface area (Å²) in [6, 6.07) is 9.54. The average Bonchev–Trinajstić information content (AvgIpc) is 3.24. The fraction of sp³-hybridized carbons (Fsp3) is 0.389. The zero-order valence-corrected chi connectivity index (χ0v) is 13.4. The van der Waals surface area contributed by atoms with Crippen molar-refractivity contribution in [1.29, 1.82) is 0 Å². The number of nitrogens with zero attached hydrogens (tertiary/aromatic N) is 1. The second-order valence-corrected chi connectivity index (χ2v) is 5.75. The van der Waals surface area contributed by atoms with Crippen molar-refractivity contribution in [3.05, 3.63) is 48.4 Å². The number of rotatable bonds is 5. The van der Waals surface area contributed by atoms with Gasteiger partial charge in [-0.3, -0.25) is 4.79 Å². The Kier molecular flexibility index (Phi) is 4.79. The van der Waals surface area contributed by atoms with E-state index >= 15 is 0 Å². The number of furan rings is 1. The minimum absolute atomic E-state index is 0.0111. The van der Waals surface area contributed by atoms with Gasteiger partial charge in [0.2, 0.25) is 0 Å². The molecule has 23 heavy (non-hydrogen) atoms. The van der Waals surface area contributed by atoms with Gasteiger partial charge in [0.15, 0.2) is 0 Å². The lowest BCUT2D eigenvalue weighted by Gasteiger charge is -2.24. The third-order valence-electron chi connectivity index (χ3n) is 4.29. The van der Waals surface area contributed by atoms with Crippen LogP contribution in [0.25, 0.3) is 11.1 Å². The maximum atomic E-state index is 12.9. The van der Waals surface area contributed by atoms with E-state index in [1.165, 1.54) is 0 Å². The Morgan fingerprint density at radius 1 is 1.30 bits per heavy atom. The van der Waals surface area contributed by atoms with Crippen LogP contribution in [0.2, 0.25) is 0 Å². The number of carbonyl (C=O) groups excluding carboxylic acids is 1. The van der Waals surface area contributed by atoms with Crippen molar-refractivity contribution in [2.75, 3.05) is 27.4 Å². The highest BCUT2D eigenvalue weighted by atomic mass is 16.5. The van der Waals surface area contributed by atoms with Crippen LogP contribution in [-0.4, -0.2) is 50.3 Å². The van der Waals surface area contributed by atoms with Crippen LogP contribution in [0, 0.1) is 0 Å². The maximum absolute atomic E-state index is 12.9. The third-order valence-corrected chi connectivity index (χ3v) is 4.29. The molecule has 0 aliphatic carbocycles. The zero-order valence-electron chi connectivity index (χ0n) is 13.4. The summed E-state index contributed by atoms with van der Waals surface area (Å²) < 4.78 is 15.8. The highest BCUT2D eigenvalue weighted by molar-refractivity contribution is 5.96. The van der Waals surface area contributed by atoms with E-state index in [0.29, 0.717) is 18.7 Å². The summed E-state index contributed by atoms with van der Waals surface area (Å²) in [6.07, 6.45) is 4.17. The Hall–Kier alpha value is -2.11. The molecule has 1 amide bonds. The molecule has 1 aliphatic heterocycles. The van der Waals surface area contributed by atoms with Gasteiger partial charge in [0.1, 0.15) is 0 Å². The van der Waals surface area contributed by atoms with E-state index in [0.717, 1.165) is 17.5 Å². The van der Waals surface area contributed by atoms with Crippen LogP contribution in [-0.2, 0) is 9.47 Å². The first-order chi connectivity index (χ1) is 11.2. The first-order valence-corrected chi connectivity index (χ1v) is 7.68. The van der Waals surface area contributed by atoms with Crippen LogP contribution < -0.4 is 0 Å². The number of methoxy groups -OCH3 is 2. The van der Waals surface area contributed by atoms with E-state index in [1.54, 1.807) is 26.7 Å². The highest BCUT2D eigenvalue weighted by Crippen LogP contribution is 2.25. The molecule has 2 heterocycles. The Morgan fingerprint density at radius 3 is 2.87 bits per heavy atom. The number of carbonyl (C=O) groups is 1. The summed E-state index contributed by atoms with van der Waals surface area (Å²) in [5, 5.41) is 0. The minimum atomic E-state index is 0.0111. The van der Waals surface area contributed by atoms with E-state index in [9.17, 15) is 4.79 Å². The largest absolute Gasteiger partial charge is 0.472 e. The molecule has 1 saturated heterocycles. The van der Waals surface area contributed by atoms with Crippen LogP contribution in [0.3, 0.4) is 0 Å². The smallest absolute Gasteiger partial charge is 0.254 e. The van der Waals surface area contributed by atoms with Crippen molar-refractivity contribution < 1.29 is 18.7 Å². The number of ether oxygens (including phenoxy) is 2. The molecule has 0 N–H and O–H groups in total. The van der Waals surface area contributed by atoms with E-state index in [2.05, 4.69) is 0 Å². The quantitative estimate of drug-likeness (QED) is 0.851. The van der Waals surface area contributed by atoms with Crippen molar-refractivity contribution in [2.45, 2.75) is 18.6 Å². The molecule has 0 saturated carbocycles. The highest BCUT2D eigenvalue weighted by Gasteiger charge is 2.35. The molecule has 1 aliphatic rings. The SMILES string of the molecule is COC[C@@H]1C[C@H](OC)CN1C(=O)c1cccc(-c2ccoc2)c1. The van der Waals surface area contributed by atoms with Crippen LogP contribution >= 0.6 is 0 Å². The summed E-state index contributed by atoms with van der Waals surface area (Å²) in [5.74, 6) is 0.0111. The molecule has 3 rings (SSSR count). The number of hydrogen-bond donors (Lipinski definition) is 0. The van der Waals surface area contributed by atoms with E-state index < -0.39 is 0 Å². The van der Waals surface area contributed by atoms with E-state index in [4.69, 9.17) is 13.9 Å². The first kappa shape index (κ1) is 15.8. The van der Waals surface area contributed by atoms with Gasteiger partial charge in [-0.1, -0.05) is 12.1 Å². The predicted molar refractivity (Wildman–Crippen MR) is 86.3 cm³/mol. The molecule has 0 spiro atoms. The van der Waals surface area contributed by atoms with Crippen molar-refractivity contribution in [2.24, 2.45) is 0 Å². The molecular formula is C18H21NO4. The number of likely N-dealkylation sites (tertiary alicyclic amines) is 1. The molecule has 1 aromatic heterocycles. The summed E-state index contributed by atoms with van der Waals surface area (Å²) in [5.41, 5.74) is 2.60. The Labute approximate surface area is 135 Å². The molecule has 1 fully saturated rings. The lowest BCUT2D eigenvalue weighted by atomic mass is 10.0. The van der Waals surface area contributed by atoms with Gasteiger partial charge in [-0.2, -0.15) is 0 Å². The van der Waals surface area contributed by atoms with Crippen LogP contribution in [0.15, 0.2) is 47.3 Å². The minimum Gasteiger partial charge on any atom is -0.472 e. The maximum Gasteiger partial charge on any atom is 0.254 e. The fourth-order valence-electron chi connectivity index (χ4n) is 3.07. The lowest BCUT2D eigenvalue weighted by molar-refractivity contribution is 0.0612. The average molecular weight is 315 g/mol. The van der Waals surface area contributed by atoms with Crippen molar-refractivity contribution >= 4 is 5.91 Å². The Balaban J connectivity index is 1.83. The zero-order chi connectivity index (χ0) is 16.2. The third kappa shape index (κ3) is 3.30. The van der Waals surface area contributed by atoms with Gasteiger partial charge in [-0.25, -0.2) is 0 Å². The molecule has 5 nitrogen and oxygen atoms in total. The molecule has 0 radical (unpaired) electrons. The molecule has 5 heteroatoms. The van der Waals surface area contributed by atoms with Crippen molar-refractivity contribution in [3.63, 3.8) is 0 Å². The summed E-state index contributed by atoms with van der Waals surface area (Å²) in [4.78, 5) is 14.8. The van der Waals surface area contributed by atoms with Crippen molar-refractivity contribution in [3.8, 4) is 11.1 Å². The second-order valence-electron chi connectivity index (χ2n) is 5.75. The topological polar surface area (TPSA) is 51.9 Å². The number of hydrogen-bond acceptors (Lipinski definition) is 4. The van der Waals surface area contributed by atoms with Gasteiger partial charge in [-0.15, -0.1) is 0 Å². The van der Waals surface area contributed by atoms with Gasteiger partial charge in [0, 0.05) is 31.9 Å². The molecular weight excluding hydrogens is 294 g/mol. The van der Waals surface area contributed by atoms with Crippen LogP contribution in [0.4, 0.5) is 0 Å². The molecule has 2 atom stereocenters. The number of benzene rings is 1. The lowest BCUT2D eigenvalue weighted by Crippen LogP contribution is -2.38. The molecule has 0 bridgehead atoms. The molecule has 0 unspecified atom stereocenters. The monoisotopic (exact) mass is 315 g/mol. The fourth-order valence-corrected chi connectivity index (χ4v) is 3.07. The van der Waals surface area contributed by atoms with Crippen LogP contribution in [0.1, 0.15) is 16.8 Å². The molecule has 122 valence electrons. The second kappa shape index (κ2) is 6.98. The first-order valence-electron chi connectivity index (χ1n) is 7.68. The van der Waals surface area contributed by atoms with Gasteiger partial charge in [0.25, 0.3) is 5.91 Å². The number of amides is 1. The predicted octanol–water partition coefficient (Wildman–Crippen LogP) is 2.82. The molecule has 1 aromatic carbocycles. The van der Waals surface area contributed by atoms with Crippen LogP contribution in [0.5, 0.6) is 0 Å². The van der Waals surface area contributed by atoms with Crippen molar-refractivity contribution in [1.82, 2.24) is 4.90 Å². The normalized spacial score (nSPS) is 20.9. The summed E-state index contributed by atoms with van der Waals surface area (Å²) in [7, 11) is 3.34. The van der Waals surface area contributed by atoms with E-state index in [-0.39, 0.29) is 18.1 Å². The molecule has 2 aromatic rings. The van der Waals surface area contributed by atoms with Gasteiger partial charge in [0.05, 0.1) is 31.3 Å². The van der Waals surface area contributed by atoms with Gasteiger partial charge >= 0.3 is 0 Å². The van der Waals surface area contributed by atoms with Gasteiger partial charge < -0.3 is 18.8 Å². The van der Waals surface area contributed by atoms with Gasteiger partial charge in [-0.05, 0) is 30.2 Å². The standard InChI is InChI=1S/C18H21NO4/c1-21-12-16-9-17(22-2)10-19(16)18(20)14-5-3-4-13(8-14)15-6-7-23-11-15/h3-8,11,16-17H,9-10,12H2,1-2H3/t16-,17-/m0/s1. The summed E-state index contributed by atoms with van der Waals surface area (Å²) in [6.45, 7) is 1.12.